The molecule has 0 unspecified atom stereocenters. The predicted octanol–water partition coefficient (Wildman–Crippen LogP) is 4.06. The lowest BCUT2D eigenvalue weighted by atomic mass is 10.1. The van der Waals surface area contributed by atoms with Crippen LogP contribution in [0.15, 0.2) is 79.0 Å². The van der Waals surface area contributed by atoms with Gasteiger partial charge in [0.15, 0.2) is 11.5 Å². The highest BCUT2D eigenvalue weighted by atomic mass is 35.5. The third kappa shape index (κ3) is 4.57. The lowest BCUT2D eigenvalue weighted by Gasteiger charge is -2.08. The summed E-state index contributed by atoms with van der Waals surface area (Å²) < 4.78 is 12.2. The number of rotatable bonds is 5. The van der Waals surface area contributed by atoms with Crippen LogP contribution in [0, 0.1) is 0 Å². The molecule has 4 aromatic rings. The first-order valence-electron chi connectivity index (χ1n) is 10.4. The zero-order valence-electron chi connectivity index (χ0n) is 17.8. The van der Waals surface area contributed by atoms with Crippen LogP contribution in [0.1, 0.15) is 26.3 Å². The van der Waals surface area contributed by atoms with Gasteiger partial charge in [0.25, 0.3) is 11.8 Å². The summed E-state index contributed by atoms with van der Waals surface area (Å²) in [5, 5.41) is 5.20. The van der Waals surface area contributed by atoms with Gasteiger partial charge < -0.3 is 9.47 Å². The van der Waals surface area contributed by atoms with E-state index in [1.54, 1.807) is 53.3 Å². The topological polar surface area (TPSA) is 94.5 Å². The third-order valence-electron chi connectivity index (χ3n) is 5.24. The molecule has 34 heavy (non-hydrogen) atoms. The minimum Gasteiger partial charge on any atom is -0.454 e. The van der Waals surface area contributed by atoms with Crippen molar-refractivity contribution in [2.24, 2.45) is 0 Å². The standard InChI is InChI=1S/C25H19ClN4O4/c26-19-9-6-17(7-10-19)23-20(14-30(29-23)13-16-4-2-1-3-5-16)25(32)28-27-24(31)18-8-11-21-22(12-18)34-15-33-21/h1-12,14H,13,15H2,(H,27,31)(H,28,32). The van der Waals surface area contributed by atoms with E-state index in [0.29, 0.717) is 39.9 Å². The van der Waals surface area contributed by atoms with Gasteiger partial charge in [-0.15, -0.1) is 0 Å². The van der Waals surface area contributed by atoms with Crippen LogP contribution >= 0.6 is 11.6 Å². The fraction of sp³-hybridized carbons (Fsp3) is 0.0800. The quantitative estimate of drug-likeness (QED) is 0.425. The maximum Gasteiger partial charge on any atom is 0.273 e. The molecule has 2 heterocycles. The number of halogens is 1. The van der Waals surface area contributed by atoms with Gasteiger partial charge in [-0.05, 0) is 35.9 Å². The van der Waals surface area contributed by atoms with Gasteiger partial charge >= 0.3 is 0 Å². The molecule has 0 atom stereocenters. The molecule has 8 nitrogen and oxygen atoms in total. The summed E-state index contributed by atoms with van der Waals surface area (Å²) in [4.78, 5) is 25.6. The maximum atomic E-state index is 13.0. The van der Waals surface area contributed by atoms with Crippen LogP contribution in [0.4, 0.5) is 0 Å². The Morgan fingerprint density at radius 3 is 2.44 bits per heavy atom. The van der Waals surface area contributed by atoms with E-state index in [9.17, 15) is 9.59 Å². The molecule has 0 spiro atoms. The molecule has 0 saturated carbocycles. The first-order valence-corrected chi connectivity index (χ1v) is 10.8. The number of ether oxygens (including phenoxy) is 2. The van der Waals surface area contributed by atoms with E-state index in [1.165, 1.54) is 0 Å². The van der Waals surface area contributed by atoms with Crippen LogP contribution < -0.4 is 20.3 Å². The Kier molecular flexibility index (Phi) is 5.88. The van der Waals surface area contributed by atoms with Crippen LogP contribution in [0.3, 0.4) is 0 Å². The van der Waals surface area contributed by atoms with Crippen LogP contribution in [0.2, 0.25) is 5.02 Å². The second-order valence-corrected chi connectivity index (χ2v) is 7.99. The van der Waals surface area contributed by atoms with Gasteiger partial charge in [-0.1, -0.05) is 54.1 Å². The summed E-state index contributed by atoms with van der Waals surface area (Å²) in [6.07, 6.45) is 1.65. The maximum absolute atomic E-state index is 13.0. The molecule has 0 bridgehead atoms. The van der Waals surface area contributed by atoms with Gasteiger partial charge in [-0.2, -0.15) is 5.10 Å². The average Bonchev–Trinajstić information content (AvgIpc) is 3.50. The Hall–Kier alpha value is -4.30. The van der Waals surface area contributed by atoms with Gasteiger partial charge in [0.2, 0.25) is 6.79 Å². The molecule has 3 aromatic carbocycles. The molecule has 1 aromatic heterocycles. The Morgan fingerprint density at radius 1 is 0.912 bits per heavy atom. The SMILES string of the molecule is O=C(NNC(=O)c1cn(Cc2ccccc2)nc1-c1ccc(Cl)cc1)c1ccc2c(c1)OCO2. The number of carbonyl (C=O) groups is 2. The van der Waals surface area contributed by atoms with Crippen molar-refractivity contribution in [2.45, 2.75) is 6.54 Å². The number of amides is 2. The van der Waals surface area contributed by atoms with Crippen LogP contribution in [0.5, 0.6) is 11.5 Å². The van der Waals surface area contributed by atoms with Crippen molar-refractivity contribution in [3.63, 3.8) is 0 Å². The second-order valence-electron chi connectivity index (χ2n) is 7.56. The number of benzene rings is 3. The van der Waals surface area contributed by atoms with Crippen LogP contribution in [-0.4, -0.2) is 28.4 Å². The number of fused-ring (bicyclic) bond motifs is 1. The largest absolute Gasteiger partial charge is 0.454 e. The number of carbonyl (C=O) groups excluding carboxylic acids is 2. The lowest BCUT2D eigenvalue weighted by Crippen LogP contribution is -2.41. The fourth-order valence-electron chi connectivity index (χ4n) is 3.55. The Labute approximate surface area is 200 Å². The van der Waals surface area contributed by atoms with E-state index in [2.05, 4.69) is 16.0 Å². The van der Waals surface area contributed by atoms with Crippen molar-refractivity contribution < 1.29 is 19.1 Å². The summed E-state index contributed by atoms with van der Waals surface area (Å²) >= 11 is 6.02. The van der Waals surface area contributed by atoms with Crippen molar-refractivity contribution in [3.05, 3.63) is 101 Å². The first kappa shape index (κ1) is 21.5. The molecule has 0 radical (unpaired) electrons. The van der Waals surface area contributed by atoms with Crippen LogP contribution in [0.25, 0.3) is 11.3 Å². The number of nitrogens with zero attached hydrogens (tertiary/aromatic N) is 2. The average molecular weight is 475 g/mol. The van der Waals surface area contributed by atoms with Crippen molar-refractivity contribution in [1.82, 2.24) is 20.6 Å². The summed E-state index contributed by atoms with van der Waals surface area (Å²) in [6.45, 7) is 0.593. The van der Waals surface area contributed by atoms with E-state index in [-0.39, 0.29) is 6.79 Å². The van der Waals surface area contributed by atoms with Gasteiger partial charge in [0.1, 0.15) is 5.69 Å². The summed E-state index contributed by atoms with van der Waals surface area (Å²) in [5.41, 5.74) is 7.78. The van der Waals surface area contributed by atoms with Crippen molar-refractivity contribution >= 4 is 23.4 Å². The lowest BCUT2D eigenvalue weighted by molar-refractivity contribution is 0.0847. The Bertz CT molecular complexity index is 1350. The Morgan fingerprint density at radius 2 is 1.65 bits per heavy atom. The van der Waals surface area contributed by atoms with E-state index >= 15 is 0 Å². The van der Waals surface area contributed by atoms with E-state index in [1.807, 2.05) is 30.3 Å². The minimum absolute atomic E-state index is 0.109. The molecule has 0 fully saturated rings. The minimum atomic E-state index is -0.502. The van der Waals surface area contributed by atoms with E-state index in [0.717, 1.165) is 11.1 Å². The van der Waals surface area contributed by atoms with E-state index in [4.69, 9.17) is 21.1 Å². The molecule has 0 saturated heterocycles. The highest BCUT2D eigenvalue weighted by Gasteiger charge is 2.20. The second kappa shape index (κ2) is 9.29. The molecule has 9 heteroatoms. The monoisotopic (exact) mass is 474 g/mol. The van der Waals surface area contributed by atoms with Crippen molar-refractivity contribution in [2.75, 3.05) is 6.79 Å². The van der Waals surface area contributed by atoms with Gasteiger partial charge in [0, 0.05) is 22.3 Å². The van der Waals surface area contributed by atoms with E-state index < -0.39 is 11.8 Å². The van der Waals surface area contributed by atoms with Gasteiger partial charge in [-0.3, -0.25) is 25.1 Å². The molecule has 1 aliphatic rings. The number of nitrogens with one attached hydrogen (secondary N) is 2. The molecule has 0 aliphatic carbocycles. The zero-order valence-corrected chi connectivity index (χ0v) is 18.6. The summed E-state index contributed by atoms with van der Waals surface area (Å²) in [7, 11) is 0. The normalized spacial score (nSPS) is 11.8. The predicted molar refractivity (Wildman–Crippen MR) is 126 cm³/mol. The third-order valence-corrected chi connectivity index (χ3v) is 5.49. The zero-order chi connectivity index (χ0) is 23.5. The number of aromatic nitrogens is 2. The number of hydrazine groups is 1. The highest BCUT2D eigenvalue weighted by Crippen LogP contribution is 2.32. The van der Waals surface area contributed by atoms with Crippen molar-refractivity contribution in [3.8, 4) is 22.8 Å². The molecular weight excluding hydrogens is 456 g/mol. The fourth-order valence-corrected chi connectivity index (χ4v) is 3.68. The molecule has 2 N–H and O–H groups in total. The highest BCUT2D eigenvalue weighted by molar-refractivity contribution is 6.30. The van der Waals surface area contributed by atoms with Gasteiger partial charge in [-0.25, -0.2) is 0 Å². The summed E-state index contributed by atoms with van der Waals surface area (Å²) in [6, 6.07) is 21.6. The van der Waals surface area contributed by atoms with Gasteiger partial charge in [0.05, 0.1) is 12.1 Å². The molecule has 170 valence electrons. The van der Waals surface area contributed by atoms with Crippen LogP contribution in [-0.2, 0) is 6.54 Å². The number of hydrogen-bond acceptors (Lipinski definition) is 5. The van der Waals surface area contributed by atoms with Crippen molar-refractivity contribution in [1.29, 1.82) is 0 Å². The molecular formula is C25H19ClN4O4. The summed E-state index contributed by atoms with van der Waals surface area (Å²) in [5.74, 6) is 0.0555. The smallest absolute Gasteiger partial charge is 0.273 e. The Balaban J connectivity index is 1.36. The molecule has 1 aliphatic heterocycles. The molecule has 2 amide bonds. The molecule has 5 rings (SSSR count). The number of hydrogen-bond donors (Lipinski definition) is 2. The first-order chi connectivity index (χ1) is 16.6.